The number of Topliss-reactive ketones (excluding diaryl/α,β-unsaturated/α-hetero) is 1. The van der Waals surface area contributed by atoms with E-state index in [-0.39, 0.29) is 0 Å². The molecule has 0 radical (unpaired) electrons. The molecule has 0 unspecified atom stereocenters. The van der Waals surface area contributed by atoms with Gasteiger partial charge in [-0.15, -0.1) is 11.3 Å². The predicted molar refractivity (Wildman–Crippen MR) is 55.0 cm³/mol. The first-order valence-electron chi connectivity index (χ1n) is 4.05. The van der Waals surface area contributed by atoms with E-state index in [2.05, 4.69) is 4.98 Å². The summed E-state index contributed by atoms with van der Waals surface area (Å²) in [4.78, 5) is 14.5. The molecule has 2 nitrogen and oxygen atoms in total. The lowest BCUT2D eigenvalue weighted by Gasteiger charge is -1.99. The molecule has 2 rings (SSSR count). The van der Waals surface area contributed by atoms with Crippen molar-refractivity contribution in [2.75, 3.05) is 0 Å². The number of hydrogen-bond acceptors (Lipinski definition) is 3. The molecule has 0 spiro atoms. The molecule has 0 N–H and O–H groups in total. The lowest BCUT2D eigenvalue weighted by Crippen LogP contribution is -2.22. The van der Waals surface area contributed by atoms with Crippen molar-refractivity contribution in [1.82, 2.24) is 4.98 Å². The number of fused-ring (bicyclic) bond motifs is 1. The van der Waals surface area contributed by atoms with Crippen LogP contribution < -0.4 is 0 Å². The average Bonchev–Trinajstić information content (AvgIpc) is 2.57. The van der Waals surface area contributed by atoms with E-state index < -0.39 is 17.0 Å². The molecular weight excluding hydrogens is 263 g/mol. The first-order chi connectivity index (χ1) is 7.38. The molecule has 2 aromatic rings. The number of alkyl halides is 3. The predicted octanol–water partition coefficient (Wildman–Crippen LogP) is 3.69. The zero-order valence-electron chi connectivity index (χ0n) is 7.51. The molecule has 1 aromatic carbocycles. The van der Waals surface area contributed by atoms with Crippen LogP contribution in [0.15, 0.2) is 18.2 Å². The third kappa shape index (κ3) is 2.03. The number of thiazole rings is 1. The molecule has 0 aliphatic carbocycles. The molecule has 0 aliphatic rings. The van der Waals surface area contributed by atoms with Gasteiger partial charge in [-0.3, -0.25) is 4.79 Å². The zero-order valence-corrected chi connectivity index (χ0v) is 9.08. The number of aromatic nitrogens is 1. The van der Waals surface area contributed by atoms with Gasteiger partial charge in [0.2, 0.25) is 0 Å². The smallest absolute Gasteiger partial charge is 0.281 e. The van der Waals surface area contributed by atoms with Gasteiger partial charge in [0.1, 0.15) is 0 Å². The number of carbonyl (C=O) groups excluding carboxylic acids is 1. The Kier molecular flexibility index (Phi) is 2.63. The van der Waals surface area contributed by atoms with Crippen molar-refractivity contribution >= 4 is 38.9 Å². The minimum Gasteiger partial charge on any atom is -0.281 e. The number of ketones is 1. The summed E-state index contributed by atoms with van der Waals surface area (Å²) in [7, 11) is 0. The van der Waals surface area contributed by atoms with Crippen LogP contribution in [0.5, 0.6) is 0 Å². The zero-order chi connectivity index (χ0) is 11.9. The van der Waals surface area contributed by atoms with Crippen molar-refractivity contribution < 1.29 is 18.0 Å². The topological polar surface area (TPSA) is 30.0 Å². The SMILES string of the molecule is O=C(c1nc2ccc(Cl)cc2s1)C(F)(F)F. The van der Waals surface area contributed by atoms with Gasteiger partial charge >= 0.3 is 6.18 Å². The lowest BCUT2D eigenvalue weighted by atomic mass is 10.3. The third-order valence-corrected chi connectivity index (χ3v) is 3.05. The summed E-state index contributed by atoms with van der Waals surface area (Å²) in [6, 6.07) is 4.45. The van der Waals surface area contributed by atoms with Crippen LogP contribution in [0.2, 0.25) is 5.02 Å². The van der Waals surface area contributed by atoms with Gasteiger partial charge in [-0.25, -0.2) is 4.98 Å². The second-order valence-corrected chi connectivity index (χ2v) is 4.43. The molecule has 16 heavy (non-hydrogen) atoms. The molecule has 1 aromatic heterocycles. The quantitative estimate of drug-likeness (QED) is 0.736. The van der Waals surface area contributed by atoms with Gasteiger partial charge in [0.25, 0.3) is 5.78 Å². The molecule has 84 valence electrons. The molecule has 0 fully saturated rings. The number of nitrogens with zero attached hydrogens (tertiary/aromatic N) is 1. The van der Waals surface area contributed by atoms with E-state index in [0.29, 0.717) is 26.6 Å². The van der Waals surface area contributed by atoms with Crippen molar-refractivity contribution in [2.45, 2.75) is 6.18 Å². The second kappa shape index (κ2) is 3.71. The average molecular weight is 266 g/mol. The maximum absolute atomic E-state index is 12.1. The van der Waals surface area contributed by atoms with E-state index in [1.807, 2.05) is 0 Å². The van der Waals surface area contributed by atoms with Gasteiger partial charge in [-0.2, -0.15) is 13.2 Å². The van der Waals surface area contributed by atoms with E-state index in [0.717, 1.165) is 0 Å². The van der Waals surface area contributed by atoms with Gasteiger partial charge in [0.05, 0.1) is 10.2 Å². The van der Waals surface area contributed by atoms with Crippen LogP contribution in [0.25, 0.3) is 10.2 Å². The summed E-state index contributed by atoms with van der Waals surface area (Å²) in [5.41, 5.74) is 0.335. The Morgan fingerprint density at radius 2 is 2.06 bits per heavy atom. The first kappa shape index (κ1) is 11.3. The van der Waals surface area contributed by atoms with Crippen molar-refractivity contribution in [1.29, 1.82) is 0 Å². The van der Waals surface area contributed by atoms with E-state index in [4.69, 9.17) is 11.6 Å². The minimum absolute atomic E-state index is 0.335. The largest absolute Gasteiger partial charge is 0.457 e. The Morgan fingerprint density at radius 1 is 1.38 bits per heavy atom. The number of rotatable bonds is 1. The molecule has 1 heterocycles. The van der Waals surface area contributed by atoms with E-state index >= 15 is 0 Å². The van der Waals surface area contributed by atoms with Crippen LogP contribution in [0.4, 0.5) is 13.2 Å². The molecule has 0 atom stereocenters. The highest BCUT2D eigenvalue weighted by Crippen LogP contribution is 2.29. The Hall–Kier alpha value is -1.14. The Bertz CT molecular complexity index is 563. The number of halogens is 4. The summed E-state index contributed by atoms with van der Waals surface area (Å²) in [6.45, 7) is 0. The highest BCUT2D eigenvalue weighted by atomic mass is 35.5. The Morgan fingerprint density at radius 3 is 2.69 bits per heavy atom. The summed E-state index contributed by atoms with van der Waals surface area (Å²) >= 11 is 6.35. The van der Waals surface area contributed by atoms with Gasteiger partial charge < -0.3 is 0 Å². The summed E-state index contributed by atoms with van der Waals surface area (Å²) in [5, 5.41) is -0.174. The van der Waals surface area contributed by atoms with Gasteiger partial charge in [-0.05, 0) is 18.2 Å². The molecule has 0 bridgehead atoms. The van der Waals surface area contributed by atoms with Crippen LogP contribution in [0.1, 0.15) is 9.80 Å². The van der Waals surface area contributed by atoms with Crippen LogP contribution in [0, 0.1) is 0 Å². The van der Waals surface area contributed by atoms with Gasteiger partial charge in [0.15, 0.2) is 5.01 Å². The summed E-state index contributed by atoms with van der Waals surface area (Å²) < 4.78 is 36.9. The molecule has 0 amide bonds. The van der Waals surface area contributed by atoms with Crippen LogP contribution >= 0.6 is 22.9 Å². The second-order valence-electron chi connectivity index (χ2n) is 2.96. The van der Waals surface area contributed by atoms with Crippen molar-refractivity contribution in [3.8, 4) is 0 Å². The van der Waals surface area contributed by atoms with E-state index in [1.54, 1.807) is 0 Å². The maximum atomic E-state index is 12.1. The highest BCUT2D eigenvalue weighted by molar-refractivity contribution is 7.20. The lowest BCUT2D eigenvalue weighted by molar-refractivity contribution is -0.0885. The minimum atomic E-state index is -4.89. The highest BCUT2D eigenvalue weighted by Gasteiger charge is 2.41. The first-order valence-corrected chi connectivity index (χ1v) is 5.25. The number of hydrogen-bond donors (Lipinski definition) is 0. The summed E-state index contributed by atoms with van der Waals surface area (Å²) in [6.07, 6.45) is -4.89. The Balaban J connectivity index is 2.52. The van der Waals surface area contributed by atoms with Gasteiger partial charge in [-0.1, -0.05) is 11.6 Å². The van der Waals surface area contributed by atoms with Gasteiger partial charge in [0, 0.05) is 5.02 Å². The van der Waals surface area contributed by atoms with Crippen LogP contribution in [-0.2, 0) is 0 Å². The third-order valence-electron chi connectivity index (χ3n) is 1.80. The standard InChI is InChI=1S/C9H3ClF3NOS/c10-4-1-2-5-6(3-4)16-8(14-5)7(15)9(11,12)13/h1-3H. The molecular formula is C9H3ClF3NOS. The van der Waals surface area contributed by atoms with E-state index in [1.165, 1.54) is 18.2 Å². The number of benzene rings is 1. The van der Waals surface area contributed by atoms with Crippen molar-refractivity contribution in [2.24, 2.45) is 0 Å². The normalized spacial score (nSPS) is 12.0. The van der Waals surface area contributed by atoms with Crippen molar-refractivity contribution in [3.05, 3.63) is 28.2 Å². The molecule has 0 saturated heterocycles. The monoisotopic (exact) mass is 265 g/mol. The van der Waals surface area contributed by atoms with E-state index in [9.17, 15) is 18.0 Å². The van der Waals surface area contributed by atoms with Crippen LogP contribution in [0.3, 0.4) is 0 Å². The molecule has 7 heteroatoms. The fourth-order valence-corrected chi connectivity index (χ4v) is 2.32. The maximum Gasteiger partial charge on any atom is 0.457 e. The van der Waals surface area contributed by atoms with Crippen LogP contribution in [-0.4, -0.2) is 16.9 Å². The Labute approximate surface area is 96.7 Å². The number of carbonyl (C=O) groups is 1. The molecule has 0 saturated carbocycles. The summed E-state index contributed by atoms with van der Waals surface area (Å²) in [5.74, 6) is -1.93. The van der Waals surface area contributed by atoms with Crippen molar-refractivity contribution in [3.63, 3.8) is 0 Å². The fraction of sp³-hybridized carbons (Fsp3) is 0.111. The molecule has 0 aliphatic heterocycles. The fourth-order valence-electron chi connectivity index (χ4n) is 1.12.